The van der Waals surface area contributed by atoms with Crippen LogP contribution in [-0.4, -0.2) is 54.1 Å². The Morgan fingerprint density at radius 3 is 2.73 bits per heavy atom. The molecule has 1 fully saturated rings. The Bertz CT molecular complexity index is 1200. The standard InChI is InChI=1S/C21H26N8O/c1-14-23-24-18-5-6-19(25-29(14)18)27-10-9-15(11-27)13-30-20-8-7-17-22-16(21(2,3)4)12-28(17)26-20/h5-8,12,15H,9-11,13H2,1-4H3. The predicted octanol–water partition coefficient (Wildman–Crippen LogP) is 2.68. The van der Waals surface area contributed by atoms with E-state index < -0.39 is 0 Å². The summed E-state index contributed by atoms with van der Waals surface area (Å²) in [7, 11) is 0. The third-order valence-corrected chi connectivity index (χ3v) is 5.55. The van der Waals surface area contributed by atoms with E-state index in [1.54, 1.807) is 9.03 Å². The lowest BCUT2D eigenvalue weighted by molar-refractivity contribution is 0.249. The zero-order chi connectivity index (χ0) is 20.9. The average Bonchev–Trinajstić information content (AvgIpc) is 3.44. The van der Waals surface area contributed by atoms with Crippen molar-refractivity contribution in [3.63, 3.8) is 0 Å². The molecule has 1 atom stereocenters. The number of aromatic nitrogens is 7. The fourth-order valence-corrected chi connectivity index (χ4v) is 3.74. The number of hydrogen-bond donors (Lipinski definition) is 0. The summed E-state index contributed by atoms with van der Waals surface area (Å²) >= 11 is 0. The molecule has 5 rings (SSSR count). The minimum absolute atomic E-state index is 0.00953. The van der Waals surface area contributed by atoms with Crippen molar-refractivity contribution in [2.75, 3.05) is 24.6 Å². The lowest BCUT2D eigenvalue weighted by atomic mass is 9.93. The van der Waals surface area contributed by atoms with Gasteiger partial charge in [0.15, 0.2) is 17.1 Å². The molecular formula is C21H26N8O. The van der Waals surface area contributed by atoms with E-state index >= 15 is 0 Å². The van der Waals surface area contributed by atoms with E-state index in [-0.39, 0.29) is 5.41 Å². The second-order valence-electron chi connectivity index (χ2n) is 8.97. The van der Waals surface area contributed by atoms with Crippen LogP contribution in [0.25, 0.3) is 11.3 Å². The van der Waals surface area contributed by atoms with Crippen LogP contribution in [0.4, 0.5) is 5.82 Å². The summed E-state index contributed by atoms with van der Waals surface area (Å²) < 4.78 is 9.61. The van der Waals surface area contributed by atoms with Crippen LogP contribution in [0.3, 0.4) is 0 Å². The Hall–Kier alpha value is -3.23. The maximum absolute atomic E-state index is 6.02. The van der Waals surface area contributed by atoms with Crippen molar-refractivity contribution in [3.8, 4) is 5.88 Å². The normalized spacial score (nSPS) is 17.3. The lowest BCUT2D eigenvalue weighted by Gasteiger charge is -2.17. The molecule has 156 valence electrons. The molecule has 1 unspecified atom stereocenters. The zero-order valence-corrected chi connectivity index (χ0v) is 17.8. The van der Waals surface area contributed by atoms with E-state index in [9.17, 15) is 0 Å². The fourth-order valence-electron chi connectivity index (χ4n) is 3.74. The molecule has 1 aliphatic heterocycles. The maximum atomic E-state index is 6.02. The number of imidazole rings is 1. The van der Waals surface area contributed by atoms with E-state index in [0.717, 1.165) is 48.1 Å². The first-order valence-electron chi connectivity index (χ1n) is 10.3. The van der Waals surface area contributed by atoms with Gasteiger partial charge in [0.25, 0.3) is 0 Å². The number of rotatable bonds is 4. The zero-order valence-electron chi connectivity index (χ0n) is 17.8. The molecule has 4 aromatic rings. The monoisotopic (exact) mass is 406 g/mol. The van der Waals surface area contributed by atoms with Gasteiger partial charge in [-0.05, 0) is 31.5 Å². The SMILES string of the molecule is Cc1nnc2ccc(N3CCC(COc4ccc5nc(C(C)(C)C)cn5n4)C3)nn12. The predicted molar refractivity (Wildman–Crippen MR) is 113 cm³/mol. The van der Waals surface area contributed by atoms with Gasteiger partial charge in [0, 0.05) is 30.5 Å². The van der Waals surface area contributed by atoms with Crippen molar-refractivity contribution in [1.29, 1.82) is 0 Å². The molecule has 9 heteroatoms. The lowest BCUT2D eigenvalue weighted by Crippen LogP contribution is -2.23. The Balaban J connectivity index is 1.24. The summed E-state index contributed by atoms with van der Waals surface area (Å²) in [5.41, 5.74) is 2.62. The number of fused-ring (bicyclic) bond motifs is 2. The van der Waals surface area contributed by atoms with Crippen LogP contribution in [0.15, 0.2) is 30.5 Å². The average molecular weight is 406 g/mol. The van der Waals surface area contributed by atoms with Gasteiger partial charge in [-0.1, -0.05) is 20.8 Å². The Morgan fingerprint density at radius 1 is 1.07 bits per heavy atom. The van der Waals surface area contributed by atoms with Crippen LogP contribution < -0.4 is 9.64 Å². The van der Waals surface area contributed by atoms with Gasteiger partial charge in [-0.3, -0.25) is 0 Å². The fraction of sp³-hybridized carbons (Fsp3) is 0.476. The van der Waals surface area contributed by atoms with E-state index in [1.807, 2.05) is 37.4 Å². The molecule has 0 aliphatic carbocycles. The van der Waals surface area contributed by atoms with E-state index in [1.165, 1.54) is 0 Å². The summed E-state index contributed by atoms with van der Waals surface area (Å²) in [6.07, 6.45) is 3.04. The van der Waals surface area contributed by atoms with Crippen LogP contribution in [0.2, 0.25) is 0 Å². The number of aryl methyl sites for hydroxylation is 1. The summed E-state index contributed by atoms with van der Waals surface area (Å²) in [5, 5.41) is 17.4. The van der Waals surface area contributed by atoms with E-state index in [0.29, 0.717) is 18.4 Å². The highest BCUT2D eigenvalue weighted by atomic mass is 16.5. The third-order valence-electron chi connectivity index (χ3n) is 5.55. The van der Waals surface area contributed by atoms with Crippen molar-refractivity contribution < 1.29 is 4.74 Å². The van der Waals surface area contributed by atoms with Crippen molar-refractivity contribution in [1.82, 2.24) is 34.4 Å². The van der Waals surface area contributed by atoms with Gasteiger partial charge in [0.1, 0.15) is 5.82 Å². The summed E-state index contributed by atoms with van der Waals surface area (Å²) in [6.45, 7) is 10.8. The summed E-state index contributed by atoms with van der Waals surface area (Å²) in [5.74, 6) is 2.79. The Labute approximate surface area is 174 Å². The minimum atomic E-state index is -0.00953. The Kier molecular flexibility index (Phi) is 4.34. The van der Waals surface area contributed by atoms with Crippen LogP contribution in [0, 0.1) is 12.8 Å². The van der Waals surface area contributed by atoms with E-state index in [2.05, 4.69) is 51.0 Å². The van der Waals surface area contributed by atoms with Crippen LogP contribution in [-0.2, 0) is 5.41 Å². The quantitative estimate of drug-likeness (QED) is 0.515. The van der Waals surface area contributed by atoms with E-state index in [4.69, 9.17) is 4.74 Å². The highest BCUT2D eigenvalue weighted by Gasteiger charge is 2.25. The summed E-state index contributed by atoms with van der Waals surface area (Å²) in [6, 6.07) is 7.82. The van der Waals surface area contributed by atoms with Crippen molar-refractivity contribution in [2.45, 2.75) is 39.5 Å². The van der Waals surface area contributed by atoms with Gasteiger partial charge in [0.05, 0.1) is 18.5 Å². The molecule has 0 N–H and O–H groups in total. The number of anilines is 1. The molecular weight excluding hydrogens is 380 g/mol. The molecule has 0 spiro atoms. The van der Waals surface area contributed by atoms with Crippen molar-refractivity contribution >= 4 is 17.1 Å². The first-order chi connectivity index (χ1) is 14.4. The highest BCUT2D eigenvalue weighted by Crippen LogP contribution is 2.24. The molecule has 4 aromatic heterocycles. The molecule has 0 radical (unpaired) electrons. The van der Waals surface area contributed by atoms with Gasteiger partial charge in [-0.2, -0.15) is 4.52 Å². The molecule has 0 saturated carbocycles. The molecule has 0 aromatic carbocycles. The second kappa shape index (κ2) is 6.93. The van der Waals surface area contributed by atoms with Crippen LogP contribution in [0.5, 0.6) is 5.88 Å². The molecule has 0 bridgehead atoms. The maximum Gasteiger partial charge on any atom is 0.231 e. The molecule has 1 aliphatic rings. The van der Waals surface area contributed by atoms with Gasteiger partial charge in [-0.15, -0.1) is 20.4 Å². The largest absolute Gasteiger partial charge is 0.476 e. The Morgan fingerprint density at radius 2 is 1.90 bits per heavy atom. The molecule has 1 saturated heterocycles. The molecule has 30 heavy (non-hydrogen) atoms. The highest BCUT2D eigenvalue weighted by molar-refractivity contribution is 5.46. The molecule has 9 nitrogen and oxygen atoms in total. The van der Waals surface area contributed by atoms with Crippen molar-refractivity contribution in [2.24, 2.45) is 5.92 Å². The van der Waals surface area contributed by atoms with Gasteiger partial charge < -0.3 is 9.64 Å². The second-order valence-corrected chi connectivity index (χ2v) is 8.97. The van der Waals surface area contributed by atoms with Crippen LogP contribution >= 0.6 is 0 Å². The molecule has 0 amide bonds. The minimum Gasteiger partial charge on any atom is -0.476 e. The van der Waals surface area contributed by atoms with Crippen molar-refractivity contribution in [3.05, 3.63) is 42.0 Å². The molecule has 5 heterocycles. The van der Waals surface area contributed by atoms with Crippen LogP contribution in [0.1, 0.15) is 38.7 Å². The van der Waals surface area contributed by atoms with Gasteiger partial charge >= 0.3 is 0 Å². The van der Waals surface area contributed by atoms with Gasteiger partial charge in [0.2, 0.25) is 5.88 Å². The number of hydrogen-bond acceptors (Lipinski definition) is 7. The smallest absolute Gasteiger partial charge is 0.231 e. The number of nitrogens with zero attached hydrogens (tertiary/aromatic N) is 8. The third kappa shape index (κ3) is 3.44. The summed E-state index contributed by atoms with van der Waals surface area (Å²) in [4.78, 5) is 6.94. The first-order valence-corrected chi connectivity index (χ1v) is 10.3. The topological polar surface area (TPSA) is 85.7 Å². The first kappa shape index (κ1) is 18.8. The van der Waals surface area contributed by atoms with Gasteiger partial charge in [-0.25, -0.2) is 9.50 Å². The number of ether oxygens (including phenoxy) is 1.